The van der Waals surface area contributed by atoms with E-state index in [1.807, 2.05) is 35.0 Å². The van der Waals surface area contributed by atoms with Gasteiger partial charge in [0, 0.05) is 34.9 Å². The van der Waals surface area contributed by atoms with Gasteiger partial charge in [0.05, 0.1) is 5.52 Å². The summed E-state index contributed by atoms with van der Waals surface area (Å²) in [6, 6.07) is 15.8. The van der Waals surface area contributed by atoms with Gasteiger partial charge < -0.3 is 4.74 Å². The maximum atomic E-state index is 12.7. The highest BCUT2D eigenvalue weighted by Gasteiger charge is 2.31. The van der Waals surface area contributed by atoms with Crippen molar-refractivity contribution in [3.63, 3.8) is 0 Å². The van der Waals surface area contributed by atoms with E-state index in [-0.39, 0.29) is 5.75 Å². The number of aromatic nitrogens is 3. The number of rotatable bonds is 3. The molecule has 0 N–H and O–H groups in total. The minimum absolute atomic E-state index is 0.253. The molecular formula is C23H18F3N3O. The summed E-state index contributed by atoms with van der Waals surface area (Å²) < 4.78 is 44.3. The molecular weight excluding hydrogens is 391 g/mol. The first kappa shape index (κ1) is 18.7. The molecule has 152 valence electrons. The van der Waals surface area contributed by atoms with E-state index in [1.54, 1.807) is 18.3 Å². The van der Waals surface area contributed by atoms with Crippen molar-refractivity contribution in [2.45, 2.75) is 32.2 Å². The zero-order valence-electron chi connectivity index (χ0n) is 16.0. The maximum absolute atomic E-state index is 12.7. The number of alkyl halides is 3. The van der Waals surface area contributed by atoms with Crippen LogP contribution in [0.4, 0.5) is 13.2 Å². The average molecular weight is 409 g/mol. The fourth-order valence-corrected chi connectivity index (χ4v) is 4.13. The van der Waals surface area contributed by atoms with Crippen LogP contribution in [0.2, 0.25) is 0 Å². The Labute approximate surface area is 170 Å². The molecule has 1 aliphatic rings. The Hall–Kier alpha value is -3.35. The van der Waals surface area contributed by atoms with E-state index in [9.17, 15) is 13.2 Å². The van der Waals surface area contributed by atoms with E-state index in [1.165, 1.54) is 12.1 Å². The predicted octanol–water partition coefficient (Wildman–Crippen LogP) is 6.00. The lowest BCUT2D eigenvalue weighted by molar-refractivity contribution is -0.274. The highest BCUT2D eigenvalue weighted by Crippen LogP contribution is 2.40. The number of hydrogen-bond donors (Lipinski definition) is 0. The van der Waals surface area contributed by atoms with Crippen molar-refractivity contribution >= 4 is 10.9 Å². The van der Waals surface area contributed by atoms with Gasteiger partial charge in [-0.3, -0.25) is 9.67 Å². The normalized spacial score (nSPS) is 14.0. The van der Waals surface area contributed by atoms with Crippen molar-refractivity contribution in [1.29, 1.82) is 0 Å². The van der Waals surface area contributed by atoms with Crippen LogP contribution in [0.5, 0.6) is 5.75 Å². The van der Waals surface area contributed by atoms with Crippen LogP contribution in [0.1, 0.15) is 18.5 Å². The Balaban J connectivity index is 1.73. The maximum Gasteiger partial charge on any atom is 0.573 e. The summed E-state index contributed by atoms with van der Waals surface area (Å²) >= 11 is 0. The van der Waals surface area contributed by atoms with Gasteiger partial charge in [0.1, 0.15) is 11.4 Å². The summed E-state index contributed by atoms with van der Waals surface area (Å²) in [4.78, 5) is 4.45. The second-order valence-electron chi connectivity index (χ2n) is 7.30. The highest BCUT2D eigenvalue weighted by molar-refractivity contribution is 5.99. The van der Waals surface area contributed by atoms with Crippen molar-refractivity contribution in [3.8, 4) is 28.1 Å². The number of nitrogens with zero attached hydrogens (tertiary/aromatic N) is 3. The second-order valence-corrected chi connectivity index (χ2v) is 7.30. The van der Waals surface area contributed by atoms with Crippen LogP contribution >= 0.6 is 0 Å². The lowest BCUT2D eigenvalue weighted by atomic mass is 9.93. The lowest BCUT2D eigenvalue weighted by Gasteiger charge is -2.15. The standard InChI is InChI=1S/C23H18F3N3O/c24-23(25,26)30-16-7-5-6-15(14-16)22-21(20-10-3-4-13-29(20)28-22)18-11-12-27-19-9-2-1-8-17(18)19/h1-2,5-9,11-12,14H,3-4,10,13H2. The van der Waals surface area contributed by atoms with E-state index < -0.39 is 6.36 Å². The number of hydrogen-bond acceptors (Lipinski definition) is 3. The fraction of sp³-hybridized carbons (Fsp3) is 0.217. The minimum Gasteiger partial charge on any atom is -0.406 e. The molecule has 0 saturated carbocycles. The van der Waals surface area contributed by atoms with Crippen molar-refractivity contribution in [2.24, 2.45) is 0 Å². The third-order valence-corrected chi connectivity index (χ3v) is 5.35. The summed E-state index contributed by atoms with van der Waals surface area (Å²) in [6.07, 6.45) is -0.0221. The Morgan fingerprint density at radius 3 is 2.70 bits per heavy atom. The van der Waals surface area contributed by atoms with Gasteiger partial charge in [0.15, 0.2) is 0 Å². The van der Waals surface area contributed by atoms with Gasteiger partial charge >= 0.3 is 6.36 Å². The number of para-hydroxylation sites is 1. The molecule has 2 aromatic carbocycles. The molecule has 1 aliphatic heterocycles. The molecule has 0 radical (unpaired) electrons. The number of pyridine rings is 1. The SMILES string of the molecule is FC(F)(F)Oc1cccc(-c2nn3c(c2-c2ccnc4ccccc24)CCCC3)c1. The number of benzene rings is 2. The molecule has 5 rings (SSSR count). The van der Waals surface area contributed by atoms with Crippen LogP contribution in [-0.4, -0.2) is 21.1 Å². The molecule has 3 heterocycles. The Kier molecular flexibility index (Phi) is 4.46. The van der Waals surface area contributed by atoms with Crippen molar-refractivity contribution in [2.75, 3.05) is 0 Å². The number of halogens is 3. The van der Waals surface area contributed by atoms with E-state index in [4.69, 9.17) is 5.10 Å². The van der Waals surface area contributed by atoms with Gasteiger partial charge in [-0.15, -0.1) is 13.2 Å². The van der Waals surface area contributed by atoms with E-state index >= 15 is 0 Å². The van der Waals surface area contributed by atoms with Crippen LogP contribution in [0.25, 0.3) is 33.3 Å². The molecule has 7 heteroatoms. The molecule has 2 aromatic heterocycles. The molecule has 0 atom stereocenters. The monoisotopic (exact) mass is 409 g/mol. The molecule has 4 nitrogen and oxygen atoms in total. The number of ether oxygens (including phenoxy) is 1. The Morgan fingerprint density at radius 1 is 0.967 bits per heavy atom. The predicted molar refractivity (Wildman–Crippen MR) is 108 cm³/mol. The van der Waals surface area contributed by atoms with Crippen LogP contribution in [-0.2, 0) is 13.0 Å². The van der Waals surface area contributed by atoms with Gasteiger partial charge in [0.25, 0.3) is 0 Å². The molecule has 0 spiro atoms. The summed E-state index contributed by atoms with van der Waals surface area (Å²) in [5.74, 6) is -0.253. The molecule has 30 heavy (non-hydrogen) atoms. The highest BCUT2D eigenvalue weighted by atomic mass is 19.4. The van der Waals surface area contributed by atoms with Gasteiger partial charge in [-0.25, -0.2) is 0 Å². The van der Waals surface area contributed by atoms with E-state index in [0.717, 1.165) is 53.5 Å². The first-order valence-corrected chi connectivity index (χ1v) is 9.79. The summed E-state index contributed by atoms with van der Waals surface area (Å²) in [5.41, 5.74) is 5.17. The number of fused-ring (bicyclic) bond motifs is 2. The van der Waals surface area contributed by atoms with Gasteiger partial charge in [-0.05, 0) is 49.1 Å². The van der Waals surface area contributed by atoms with Crippen LogP contribution < -0.4 is 4.74 Å². The third kappa shape index (κ3) is 3.40. The van der Waals surface area contributed by atoms with Crippen LogP contribution in [0.15, 0.2) is 60.8 Å². The van der Waals surface area contributed by atoms with Crippen LogP contribution in [0, 0.1) is 0 Å². The van der Waals surface area contributed by atoms with Crippen molar-refractivity contribution in [1.82, 2.24) is 14.8 Å². The molecule has 0 amide bonds. The molecule has 4 aromatic rings. The van der Waals surface area contributed by atoms with Gasteiger partial charge in [0.2, 0.25) is 0 Å². The largest absolute Gasteiger partial charge is 0.573 e. The Morgan fingerprint density at radius 2 is 1.83 bits per heavy atom. The van der Waals surface area contributed by atoms with E-state index in [0.29, 0.717) is 11.3 Å². The summed E-state index contributed by atoms with van der Waals surface area (Å²) in [5, 5.41) is 5.79. The molecule has 0 bridgehead atoms. The minimum atomic E-state index is -4.74. The quantitative estimate of drug-likeness (QED) is 0.417. The topological polar surface area (TPSA) is 39.9 Å². The molecule has 0 fully saturated rings. The van der Waals surface area contributed by atoms with E-state index in [2.05, 4.69) is 9.72 Å². The first-order chi connectivity index (χ1) is 14.5. The second kappa shape index (κ2) is 7.16. The van der Waals surface area contributed by atoms with Gasteiger partial charge in [-0.1, -0.05) is 30.3 Å². The fourth-order valence-electron chi connectivity index (χ4n) is 4.13. The Bertz CT molecular complexity index is 1220. The molecule has 0 saturated heterocycles. The average Bonchev–Trinajstić information content (AvgIpc) is 3.12. The molecule has 0 aliphatic carbocycles. The zero-order chi connectivity index (χ0) is 20.7. The lowest BCUT2D eigenvalue weighted by Crippen LogP contribution is -2.17. The smallest absolute Gasteiger partial charge is 0.406 e. The van der Waals surface area contributed by atoms with Crippen molar-refractivity contribution in [3.05, 3.63) is 66.5 Å². The first-order valence-electron chi connectivity index (χ1n) is 9.79. The van der Waals surface area contributed by atoms with Crippen LogP contribution in [0.3, 0.4) is 0 Å². The summed E-state index contributed by atoms with van der Waals surface area (Å²) in [7, 11) is 0. The zero-order valence-corrected chi connectivity index (χ0v) is 16.0. The molecule has 0 unspecified atom stereocenters. The third-order valence-electron chi connectivity index (χ3n) is 5.35. The summed E-state index contributed by atoms with van der Waals surface area (Å²) in [6.45, 7) is 0.796. The number of aryl methyl sites for hydroxylation is 1. The van der Waals surface area contributed by atoms with Gasteiger partial charge in [-0.2, -0.15) is 5.10 Å². The van der Waals surface area contributed by atoms with Crippen molar-refractivity contribution < 1.29 is 17.9 Å².